The van der Waals surface area contributed by atoms with E-state index in [1.54, 1.807) is 0 Å². The lowest BCUT2D eigenvalue weighted by Gasteiger charge is -2.20. The molecule has 1 heterocycles. The van der Waals surface area contributed by atoms with Crippen LogP contribution in [0, 0.1) is 0 Å². The second kappa shape index (κ2) is 4.14. The molecular formula is C8H15NO2S. The van der Waals surface area contributed by atoms with E-state index in [0.717, 1.165) is 17.9 Å². The number of thioether (sulfide) groups is 1. The lowest BCUT2D eigenvalue weighted by molar-refractivity contribution is -0.144. The second-order valence-electron chi connectivity index (χ2n) is 3.15. The summed E-state index contributed by atoms with van der Waals surface area (Å²) in [4.78, 5) is 11.1. The number of nitrogens with two attached hydrogens (primary N) is 1. The minimum atomic E-state index is -0.295. The van der Waals surface area contributed by atoms with E-state index < -0.39 is 0 Å². The highest BCUT2D eigenvalue weighted by Crippen LogP contribution is 2.28. The molecule has 0 aromatic carbocycles. The van der Waals surface area contributed by atoms with Crippen molar-refractivity contribution in [1.29, 1.82) is 0 Å². The van der Waals surface area contributed by atoms with Crippen molar-refractivity contribution < 1.29 is 9.53 Å². The average Bonchev–Trinajstić information content (AvgIpc) is 2.36. The molecule has 70 valence electrons. The Balaban J connectivity index is 2.33. The Morgan fingerprint density at radius 2 is 2.50 bits per heavy atom. The van der Waals surface area contributed by atoms with Gasteiger partial charge in [-0.05, 0) is 19.1 Å². The van der Waals surface area contributed by atoms with Gasteiger partial charge < -0.3 is 10.5 Å². The summed E-state index contributed by atoms with van der Waals surface area (Å²) in [5.74, 6) is 1.78. The standard InChI is InChI=1S/C8H15NO2S/c1-2-11-7(10)5-8(9)3-4-12-6-8/h2-6,9H2,1H3. The predicted octanol–water partition coefficient (Wildman–Crippen LogP) is 0.774. The van der Waals surface area contributed by atoms with Gasteiger partial charge in [0.2, 0.25) is 0 Å². The minimum Gasteiger partial charge on any atom is -0.466 e. The predicted molar refractivity (Wildman–Crippen MR) is 50.1 cm³/mol. The molecule has 0 radical (unpaired) electrons. The number of ether oxygens (including phenoxy) is 1. The number of hydrogen-bond donors (Lipinski definition) is 1. The molecule has 0 spiro atoms. The molecule has 0 aliphatic carbocycles. The molecule has 4 heteroatoms. The zero-order valence-electron chi connectivity index (χ0n) is 7.34. The molecule has 1 atom stereocenters. The van der Waals surface area contributed by atoms with Crippen LogP contribution >= 0.6 is 11.8 Å². The van der Waals surface area contributed by atoms with E-state index in [1.807, 2.05) is 18.7 Å². The number of carbonyl (C=O) groups is 1. The van der Waals surface area contributed by atoms with Crippen molar-refractivity contribution >= 4 is 17.7 Å². The van der Waals surface area contributed by atoms with Crippen LogP contribution in [0.2, 0.25) is 0 Å². The Kier molecular flexibility index (Phi) is 3.40. The smallest absolute Gasteiger partial charge is 0.307 e. The summed E-state index contributed by atoms with van der Waals surface area (Å²) in [7, 11) is 0. The first-order chi connectivity index (χ1) is 5.66. The number of rotatable bonds is 3. The Bertz CT molecular complexity index is 166. The zero-order valence-corrected chi connectivity index (χ0v) is 8.15. The van der Waals surface area contributed by atoms with E-state index in [-0.39, 0.29) is 11.5 Å². The molecule has 1 unspecified atom stereocenters. The maximum atomic E-state index is 11.1. The summed E-state index contributed by atoms with van der Waals surface area (Å²) in [6, 6.07) is 0. The highest BCUT2D eigenvalue weighted by atomic mass is 32.2. The average molecular weight is 189 g/mol. The van der Waals surface area contributed by atoms with Gasteiger partial charge in [0.25, 0.3) is 0 Å². The first-order valence-corrected chi connectivity index (χ1v) is 5.34. The topological polar surface area (TPSA) is 52.3 Å². The molecule has 0 bridgehead atoms. The van der Waals surface area contributed by atoms with Crippen molar-refractivity contribution in [3.63, 3.8) is 0 Å². The number of esters is 1. The fraction of sp³-hybridized carbons (Fsp3) is 0.875. The molecule has 2 N–H and O–H groups in total. The third-order valence-corrected chi connectivity index (χ3v) is 3.21. The van der Waals surface area contributed by atoms with Crippen LogP contribution in [0.15, 0.2) is 0 Å². The second-order valence-corrected chi connectivity index (χ2v) is 4.25. The summed E-state index contributed by atoms with van der Waals surface area (Å²) in [6.45, 7) is 2.26. The Morgan fingerprint density at radius 1 is 1.75 bits per heavy atom. The van der Waals surface area contributed by atoms with E-state index in [2.05, 4.69) is 0 Å². The fourth-order valence-corrected chi connectivity index (χ4v) is 2.61. The van der Waals surface area contributed by atoms with Gasteiger partial charge in [-0.3, -0.25) is 4.79 Å². The van der Waals surface area contributed by atoms with Crippen LogP contribution in [0.4, 0.5) is 0 Å². The molecule has 0 amide bonds. The highest BCUT2D eigenvalue weighted by Gasteiger charge is 2.32. The van der Waals surface area contributed by atoms with Gasteiger partial charge in [-0.1, -0.05) is 0 Å². The van der Waals surface area contributed by atoms with Crippen LogP contribution in [0.5, 0.6) is 0 Å². The van der Waals surface area contributed by atoms with Gasteiger partial charge in [0, 0.05) is 11.3 Å². The van der Waals surface area contributed by atoms with Gasteiger partial charge in [-0.2, -0.15) is 11.8 Å². The van der Waals surface area contributed by atoms with Crippen molar-refractivity contribution in [3.8, 4) is 0 Å². The third-order valence-electron chi connectivity index (χ3n) is 1.94. The molecule has 12 heavy (non-hydrogen) atoms. The summed E-state index contributed by atoms with van der Waals surface area (Å²) in [5.41, 5.74) is 5.67. The molecule has 3 nitrogen and oxygen atoms in total. The minimum absolute atomic E-state index is 0.164. The monoisotopic (exact) mass is 189 g/mol. The van der Waals surface area contributed by atoms with Crippen LogP contribution in [0.1, 0.15) is 19.8 Å². The molecule has 0 aromatic rings. The maximum Gasteiger partial charge on any atom is 0.307 e. The van der Waals surface area contributed by atoms with Crippen LogP contribution in [-0.4, -0.2) is 29.6 Å². The van der Waals surface area contributed by atoms with Crippen LogP contribution in [-0.2, 0) is 9.53 Å². The van der Waals surface area contributed by atoms with Crippen molar-refractivity contribution in [3.05, 3.63) is 0 Å². The van der Waals surface area contributed by atoms with E-state index in [1.165, 1.54) is 0 Å². The van der Waals surface area contributed by atoms with E-state index in [4.69, 9.17) is 10.5 Å². The van der Waals surface area contributed by atoms with Crippen LogP contribution in [0.3, 0.4) is 0 Å². The SMILES string of the molecule is CCOC(=O)CC1(N)CCSC1. The largest absolute Gasteiger partial charge is 0.466 e. The van der Waals surface area contributed by atoms with Crippen molar-refractivity contribution in [2.75, 3.05) is 18.1 Å². The third kappa shape index (κ3) is 2.68. The van der Waals surface area contributed by atoms with Crippen LogP contribution < -0.4 is 5.73 Å². The lowest BCUT2D eigenvalue weighted by Crippen LogP contribution is -2.42. The maximum absolute atomic E-state index is 11.1. The molecule has 1 aliphatic rings. The zero-order chi connectivity index (χ0) is 9.03. The molecule has 1 saturated heterocycles. The molecular weight excluding hydrogens is 174 g/mol. The summed E-state index contributed by atoms with van der Waals surface area (Å²) in [6.07, 6.45) is 1.30. The van der Waals surface area contributed by atoms with E-state index in [9.17, 15) is 4.79 Å². The van der Waals surface area contributed by atoms with Crippen molar-refractivity contribution in [1.82, 2.24) is 0 Å². The number of carbonyl (C=O) groups excluding carboxylic acids is 1. The van der Waals surface area contributed by atoms with Gasteiger partial charge in [0.1, 0.15) is 0 Å². The summed E-state index contributed by atoms with van der Waals surface area (Å²) >= 11 is 1.81. The quantitative estimate of drug-likeness (QED) is 0.666. The first kappa shape index (κ1) is 9.86. The molecule has 1 fully saturated rings. The molecule has 0 saturated carbocycles. The van der Waals surface area contributed by atoms with Gasteiger partial charge in [0.15, 0.2) is 0 Å². The van der Waals surface area contributed by atoms with Crippen LogP contribution in [0.25, 0.3) is 0 Å². The highest BCUT2D eigenvalue weighted by molar-refractivity contribution is 7.99. The summed E-state index contributed by atoms with van der Waals surface area (Å²) < 4.78 is 4.84. The molecule has 1 aliphatic heterocycles. The van der Waals surface area contributed by atoms with Crippen molar-refractivity contribution in [2.45, 2.75) is 25.3 Å². The Labute approximate surface area is 77.0 Å². The Hall–Kier alpha value is -0.220. The molecule has 0 aromatic heterocycles. The Morgan fingerprint density at radius 3 is 3.00 bits per heavy atom. The van der Waals surface area contributed by atoms with Gasteiger partial charge >= 0.3 is 5.97 Å². The first-order valence-electron chi connectivity index (χ1n) is 4.18. The van der Waals surface area contributed by atoms with Gasteiger partial charge in [-0.15, -0.1) is 0 Å². The fourth-order valence-electron chi connectivity index (χ4n) is 1.26. The summed E-state index contributed by atoms with van der Waals surface area (Å²) in [5, 5.41) is 0. The number of hydrogen-bond acceptors (Lipinski definition) is 4. The normalized spacial score (nSPS) is 28.8. The van der Waals surface area contributed by atoms with Crippen molar-refractivity contribution in [2.24, 2.45) is 5.73 Å². The molecule has 1 rings (SSSR count). The van der Waals surface area contributed by atoms with Gasteiger partial charge in [0.05, 0.1) is 13.0 Å². The van der Waals surface area contributed by atoms with Gasteiger partial charge in [-0.25, -0.2) is 0 Å². The lowest BCUT2D eigenvalue weighted by atomic mass is 9.96. The van der Waals surface area contributed by atoms with E-state index in [0.29, 0.717) is 13.0 Å². The van der Waals surface area contributed by atoms with E-state index >= 15 is 0 Å².